The third-order valence-corrected chi connectivity index (χ3v) is 6.31. The molecule has 0 aromatic rings. The molecular weight excluding hydrogens is 347 g/mol. The van der Waals surface area contributed by atoms with Crippen molar-refractivity contribution in [2.45, 2.75) is 49.7 Å². The number of halogens is 1. The van der Waals surface area contributed by atoms with Crippen LogP contribution in [0.25, 0.3) is 0 Å². The van der Waals surface area contributed by atoms with Crippen LogP contribution < -0.4 is 0 Å². The zero-order chi connectivity index (χ0) is 12.0. The maximum absolute atomic E-state index is 11.7. The molecule has 1 aliphatic carbocycles. The van der Waals surface area contributed by atoms with Crippen molar-refractivity contribution < 1.29 is 20.4 Å². The van der Waals surface area contributed by atoms with Gasteiger partial charge in [-0.3, -0.25) is 0 Å². The highest BCUT2D eigenvalue weighted by Crippen LogP contribution is 2.50. The first-order valence-electron chi connectivity index (χ1n) is 5.17. The topological polar surface area (TPSA) is 61.8 Å². The maximum atomic E-state index is 11.7. The molecule has 1 atom stereocenters. The first-order valence-corrected chi connectivity index (χ1v) is 7.46. The van der Waals surface area contributed by atoms with Crippen LogP contribution >= 0.6 is 23.0 Å². The number of hydrogen-bond donors (Lipinski definition) is 0. The van der Waals surface area contributed by atoms with Gasteiger partial charge in [0.05, 0.1) is 12.7 Å². The Kier molecular flexibility index (Phi) is 3.29. The lowest BCUT2D eigenvalue weighted by atomic mass is 10.2. The summed E-state index contributed by atoms with van der Waals surface area (Å²) in [5, 5.41) is 0. The lowest BCUT2D eigenvalue weighted by molar-refractivity contribution is -0.139. The molecule has 0 aromatic carbocycles. The van der Waals surface area contributed by atoms with Gasteiger partial charge in [0.25, 0.3) is 10.1 Å². The molecule has 0 unspecified atom stereocenters. The summed E-state index contributed by atoms with van der Waals surface area (Å²) in [6.45, 7) is 4.11. The fourth-order valence-electron chi connectivity index (χ4n) is 2.04. The summed E-state index contributed by atoms with van der Waals surface area (Å²) in [6, 6.07) is 0. The van der Waals surface area contributed by atoms with E-state index in [1.807, 2.05) is 13.8 Å². The van der Waals surface area contributed by atoms with Gasteiger partial charge in [0, 0.05) is 0 Å². The molecule has 1 saturated carbocycles. The van der Waals surface area contributed by atoms with Crippen molar-refractivity contribution in [1.29, 1.82) is 0 Å². The minimum absolute atomic E-state index is 0.154. The lowest BCUT2D eigenvalue weighted by Crippen LogP contribution is -2.30. The van der Waals surface area contributed by atoms with Crippen LogP contribution in [0.1, 0.15) is 33.1 Å². The van der Waals surface area contributed by atoms with Gasteiger partial charge in [-0.1, -0.05) is 0 Å². The van der Waals surface area contributed by atoms with Crippen molar-refractivity contribution >= 4 is 33.1 Å². The van der Waals surface area contributed by atoms with Gasteiger partial charge in [0.15, 0.2) is 5.79 Å². The Morgan fingerprint density at radius 1 is 1.44 bits per heavy atom. The smallest absolute Gasteiger partial charge is 0.282 e. The lowest BCUT2D eigenvalue weighted by Gasteiger charge is -2.20. The largest absolute Gasteiger partial charge is 0.348 e. The van der Waals surface area contributed by atoms with Crippen LogP contribution in [0.5, 0.6) is 0 Å². The van der Waals surface area contributed by atoms with Gasteiger partial charge >= 0.3 is 0 Å². The summed E-state index contributed by atoms with van der Waals surface area (Å²) < 4.78 is 38.3. The molecule has 0 N–H and O–H groups in total. The molecule has 1 aliphatic heterocycles. The summed E-state index contributed by atoms with van der Waals surface area (Å²) in [5.74, 6) is -0.601. The fourth-order valence-corrected chi connectivity index (χ4v) is 4.31. The van der Waals surface area contributed by atoms with Crippen LogP contribution in [0.15, 0.2) is 0 Å². The number of hydrogen-bond acceptors (Lipinski definition) is 5. The van der Waals surface area contributed by atoms with Gasteiger partial charge in [-0.05, 0) is 33.1 Å². The average molecular weight is 362 g/mol. The van der Waals surface area contributed by atoms with E-state index in [2.05, 4.69) is 2.51 Å². The van der Waals surface area contributed by atoms with Crippen LogP contribution in [0, 0.1) is 0 Å². The molecule has 1 saturated heterocycles. The second-order valence-electron chi connectivity index (χ2n) is 4.85. The molecule has 0 bridgehead atoms. The third-order valence-electron chi connectivity index (χ3n) is 3.09. The molecule has 16 heavy (non-hydrogen) atoms. The van der Waals surface area contributed by atoms with Crippen molar-refractivity contribution in [3.63, 3.8) is 0 Å². The molecule has 2 fully saturated rings. The van der Waals surface area contributed by atoms with Gasteiger partial charge in [-0.25, -0.2) is 0 Å². The van der Waals surface area contributed by atoms with Crippen molar-refractivity contribution in [2.24, 2.45) is 0 Å². The zero-order valence-electron chi connectivity index (χ0n) is 9.23. The average Bonchev–Trinajstić information content (AvgIpc) is 2.88. The molecule has 5 nitrogen and oxygen atoms in total. The predicted molar refractivity (Wildman–Crippen MR) is 65.5 cm³/mol. The summed E-state index contributed by atoms with van der Waals surface area (Å²) in [5.41, 5.74) is 0. The van der Waals surface area contributed by atoms with E-state index in [0.29, 0.717) is 25.9 Å². The highest BCUT2D eigenvalue weighted by molar-refractivity contribution is 14.1. The monoisotopic (exact) mass is 362 g/mol. The van der Waals surface area contributed by atoms with E-state index < -0.39 is 20.7 Å². The van der Waals surface area contributed by atoms with E-state index >= 15 is 0 Å². The predicted octanol–water partition coefficient (Wildman–Crippen LogP) is 1.76. The van der Waals surface area contributed by atoms with Crippen LogP contribution in [0.3, 0.4) is 0 Å². The molecule has 0 spiro atoms. The highest BCUT2D eigenvalue weighted by atomic mass is 127. The Bertz CT molecular complexity index is 373. The van der Waals surface area contributed by atoms with Gasteiger partial charge in [-0.15, -0.1) is 0 Å². The molecule has 0 amide bonds. The molecule has 7 heteroatoms. The first-order chi connectivity index (χ1) is 7.30. The Morgan fingerprint density at radius 2 is 2.06 bits per heavy atom. The summed E-state index contributed by atoms with van der Waals surface area (Å²) in [6.07, 6.45) is 1.61. The SMILES string of the molecule is CC1(C)OC[C@@H](CC2(S(=O)(=O)OI)CC2)O1. The van der Waals surface area contributed by atoms with E-state index in [4.69, 9.17) is 9.47 Å². The molecular formula is C9H15IO5S. The zero-order valence-corrected chi connectivity index (χ0v) is 12.2. The van der Waals surface area contributed by atoms with Crippen LogP contribution in [-0.4, -0.2) is 31.7 Å². The minimum atomic E-state index is -3.46. The van der Waals surface area contributed by atoms with Crippen molar-refractivity contribution in [3.05, 3.63) is 0 Å². The molecule has 2 aliphatic rings. The van der Waals surface area contributed by atoms with Crippen LogP contribution in [-0.2, 0) is 22.1 Å². The summed E-state index contributed by atoms with van der Waals surface area (Å²) >= 11 is 1.43. The number of rotatable bonds is 4. The number of ether oxygens (including phenoxy) is 2. The van der Waals surface area contributed by atoms with E-state index in [0.717, 1.165) is 0 Å². The summed E-state index contributed by atoms with van der Waals surface area (Å²) in [4.78, 5) is 0. The van der Waals surface area contributed by atoms with E-state index in [9.17, 15) is 8.42 Å². The third kappa shape index (κ3) is 2.38. The van der Waals surface area contributed by atoms with E-state index in [-0.39, 0.29) is 6.10 Å². The normalized spacial score (nSPS) is 31.6. The van der Waals surface area contributed by atoms with Crippen LogP contribution in [0.4, 0.5) is 0 Å². The molecule has 1 heterocycles. The van der Waals surface area contributed by atoms with Gasteiger partial charge in [0.2, 0.25) is 0 Å². The Hall–Kier alpha value is 0.560. The van der Waals surface area contributed by atoms with Gasteiger partial charge in [0.1, 0.15) is 27.8 Å². The summed E-state index contributed by atoms with van der Waals surface area (Å²) in [7, 11) is -3.46. The van der Waals surface area contributed by atoms with Crippen LogP contribution in [0.2, 0.25) is 0 Å². The Labute approximate surface area is 110 Å². The van der Waals surface area contributed by atoms with Crippen molar-refractivity contribution in [1.82, 2.24) is 0 Å². The van der Waals surface area contributed by atoms with E-state index in [1.54, 1.807) is 0 Å². The second kappa shape index (κ2) is 4.04. The van der Waals surface area contributed by atoms with Crippen molar-refractivity contribution in [3.8, 4) is 0 Å². The second-order valence-corrected chi connectivity index (χ2v) is 7.83. The quantitative estimate of drug-likeness (QED) is 0.714. The Morgan fingerprint density at radius 3 is 2.44 bits per heavy atom. The maximum Gasteiger partial charge on any atom is 0.282 e. The van der Waals surface area contributed by atoms with Crippen molar-refractivity contribution in [2.75, 3.05) is 6.61 Å². The van der Waals surface area contributed by atoms with Gasteiger partial charge in [-0.2, -0.15) is 10.9 Å². The molecule has 0 aromatic heterocycles. The van der Waals surface area contributed by atoms with E-state index in [1.165, 1.54) is 23.0 Å². The molecule has 2 rings (SSSR count). The minimum Gasteiger partial charge on any atom is -0.348 e. The Balaban J connectivity index is 2.01. The van der Waals surface area contributed by atoms with Gasteiger partial charge < -0.3 is 9.47 Å². The highest BCUT2D eigenvalue weighted by Gasteiger charge is 2.57. The fraction of sp³-hybridized carbons (Fsp3) is 1.00. The first kappa shape index (κ1) is 13.0. The standard InChI is InChI=1S/C9H15IO5S/c1-8(2)13-6-7(14-8)5-9(3-4-9)16(11,12)15-10/h7H,3-6H2,1-2H3/t7-/m1/s1. The molecule has 94 valence electrons. The molecule has 0 radical (unpaired) electrons.